The Hall–Kier alpha value is -1.86. The molecule has 2 aromatic rings. The third-order valence-electron chi connectivity index (χ3n) is 4.04. The zero-order valence-electron chi connectivity index (χ0n) is 13.8. The molecule has 2 aromatic heterocycles. The highest BCUT2D eigenvalue weighted by Crippen LogP contribution is 2.21. The van der Waals surface area contributed by atoms with Crippen LogP contribution in [0.15, 0.2) is 40.2 Å². The lowest BCUT2D eigenvalue weighted by Gasteiger charge is -2.27. The van der Waals surface area contributed by atoms with Crippen LogP contribution in [-0.4, -0.2) is 47.5 Å². The van der Waals surface area contributed by atoms with E-state index in [4.69, 9.17) is 4.42 Å². The van der Waals surface area contributed by atoms with E-state index in [0.717, 1.165) is 25.4 Å². The van der Waals surface area contributed by atoms with Crippen molar-refractivity contribution in [1.29, 1.82) is 0 Å². The summed E-state index contributed by atoms with van der Waals surface area (Å²) in [5, 5.41) is 4.08. The predicted octanol–water partition coefficient (Wildman–Crippen LogP) is 2.43. The first-order chi connectivity index (χ1) is 11.7. The SMILES string of the molecule is CN(C[C@H]1CCCNC1)C(=O)c1ccc(CSc2ncccn2)o1. The number of amides is 1. The van der Waals surface area contributed by atoms with Gasteiger partial charge in [-0.1, -0.05) is 11.8 Å². The van der Waals surface area contributed by atoms with Gasteiger partial charge in [0.25, 0.3) is 5.91 Å². The molecule has 0 saturated carbocycles. The molecule has 7 heteroatoms. The Labute approximate surface area is 146 Å². The van der Waals surface area contributed by atoms with Gasteiger partial charge in [-0.2, -0.15) is 0 Å². The minimum atomic E-state index is -0.0622. The summed E-state index contributed by atoms with van der Waals surface area (Å²) in [5.41, 5.74) is 0. The number of furan rings is 1. The van der Waals surface area contributed by atoms with Crippen molar-refractivity contribution < 1.29 is 9.21 Å². The van der Waals surface area contributed by atoms with Crippen molar-refractivity contribution >= 4 is 17.7 Å². The second-order valence-corrected chi connectivity index (χ2v) is 6.93. The van der Waals surface area contributed by atoms with Crippen molar-refractivity contribution in [3.8, 4) is 0 Å². The highest BCUT2D eigenvalue weighted by Gasteiger charge is 2.21. The van der Waals surface area contributed by atoms with Crippen LogP contribution in [0.3, 0.4) is 0 Å². The minimum Gasteiger partial charge on any atom is -0.455 e. The van der Waals surface area contributed by atoms with Gasteiger partial charge in [0.1, 0.15) is 5.76 Å². The number of hydrogen-bond donors (Lipinski definition) is 1. The molecule has 128 valence electrons. The first kappa shape index (κ1) is 17.0. The van der Waals surface area contributed by atoms with E-state index in [0.29, 0.717) is 22.6 Å². The third kappa shape index (κ3) is 4.58. The molecular formula is C17H22N4O2S. The Morgan fingerprint density at radius 2 is 2.25 bits per heavy atom. The topological polar surface area (TPSA) is 71.3 Å². The van der Waals surface area contributed by atoms with E-state index in [1.807, 2.05) is 13.1 Å². The van der Waals surface area contributed by atoms with Gasteiger partial charge in [0.15, 0.2) is 10.9 Å². The number of aromatic nitrogens is 2. The number of piperidine rings is 1. The number of thioether (sulfide) groups is 1. The second-order valence-electron chi connectivity index (χ2n) is 5.98. The maximum Gasteiger partial charge on any atom is 0.289 e. The number of rotatable bonds is 6. The maximum atomic E-state index is 12.5. The largest absolute Gasteiger partial charge is 0.455 e. The second kappa shape index (κ2) is 8.30. The van der Waals surface area contributed by atoms with Crippen LogP contribution in [0.25, 0.3) is 0 Å². The zero-order chi connectivity index (χ0) is 16.8. The number of nitrogens with zero attached hydrogens (tertiary/aromatic N) is 3. The van der Waals surface area contributed by atoms with Crippen LogP contribution < -0.4 is 5.32 Å². The molecule has 0 unspecified atom stereocenters. The van der Waals surface area contributed by atoms with Crippen molar-refractivity contribution in [2.24, 2.45) is 5.92 Å². The molecule has 0 spiro atoms. The fourth-order valence-electron chi connectivity index (χ4n) is 2.80. The number of carbonyl (C=O) groups is 1. The molecule has 1 fully saturated rings. The van der Waals surface area contributed by atoms with Gasteiger partial charge in [0, 0.05) is 26.0 Å². The molecule has 3 rings (SSSR count). The van der Waals surface area contributed by atoms with E-state index < -0.39 is 0 Å². The normalized spacial score (nSPS) is 17.6. The van der Waals surface area contributed by atoms with Crippen LogP contribution in [0, 0.1) is 5.92 Å². The molecule has 24 heavy (non-hydrogen) atoms. The lowest BCUT2D eigenvalue weighted by molar-refractivity contribution is 0.0731. The highest BCUT2D eigenvalue weighted by molar-refractivity contribution is 7.98. The minimum absolute atomic E-state index is 0.0622. The maximum absolute atomic E-state index is 12.5. The molecule has 0 bridgehead atoms. The summed E-state index contributed by atoms with van der Waals surface area (Å²) in [6.45, 7) is 2.82. The van der Waals surface area contributed by atoms with Gasteiger partial charge in [-0.25, -0.2) is 9.97 Å². The molecule has 6 nitrogen and oxygen atoms in total. The molecule has 3 heterocycles. The molecule has 1 aliphatic heterocycles. The van der Waals surface area contributed by atoms with Crippen LogP contribution in [0.5, 0.6) is 0 Å². The lowest BCUT2D eigenvalue weighted by atomic mass is 9.99. The molecule has 0 aromatic carbocycles. The first-order valence-electron chi connectivity index (χ1n) is 8.17. The van der Waals surface area contributed by atoms with Crippen LogP contribution in [0.1, 0.15) is 29.2 Å². The average Bonchev–Trinajstić information content (AvgIpc) is 3.10. The summed E-state index contributed by atoms with van der Waals surface area (Å²) in [6.07, 6.45) is 5.77. The Balaban J connectivity index is 1.52. The fraction of sp³-hybridized carbons (Fsp3) is 0.471. The van der Waals surface area contributed by atoms with Gasteiger partial charge in [-0.05, 0) is 50.0 Å². The van der Waals surface area contributed by atoms with E-state index in [-0.39, 0.29) is 5.91 Å². The number of carbonyl (C=O) groups excluding carboxylic acids is 1. The summed E-state index contributed by atoms with van der Waals surface area (Å²) < 4.78 is 5.69. The summed E-state index contributed by atoms with van der Waals surface area (Å²) in [4.78, 5) is 22.6. The molecule has 1 amide bonds. The standard InChI is InChI=1S/C17H22N4O2S/c1-21(11-13-4-2-7-18-10-13)16(22)15-6-5-14(23-15)12-24-17-19-8-3-9-20-17/h3,5-6,8-9,13,18H,2,4,7,10-12H2,1H3/t13-/m0/s1. The summed E-state index contributed by atoms with van der Waals surface area (Å²) in [7, 11) is 1.84. The Morgan fingerprint density at radius 1 is 1.42 bits per heavy atom. The van der Waals surface area contributed by atoms with Crippen LogP contribution in [0.4, 0.5) is 0 Å². The van der Waals surface area contributed by atoms with Crippen molar-refractivity contribution in [1.82, 2.24) is 20.2 Å². The van der Waals surface area contributed by atoms with Crippen molar-refractivity contribution in [2.75, 3.05) is 26.7 Å². The first-order valence-corrected chi connectivity index (χ1v) is 9.15. The Bertz CT molecular complexity index is 656. The van der Waals surface area contributed by atoms with Crippen molar-refractivity contribution in [3.05, 3.63) is 42.1 Å². The van der Waals surface area contributed by atoms with Crippen LogP contribution in [-0.2, 0) is 5.75 Å². The van der Waals surface area contributed by atoms with E-state index in [1.54, 1.807) is 29.4 Å². The number of nitrogens with one attached hydrogen (secondary N) is 1. The molecule has 1 saturated heterocycles. The van der Waals surface area contributed by atoms with Crippen LogP contribution >= 0.6 is 11.8 Å². The molecule has 0 aliphatic carbocycles. The Kier molecular flexibility index (Phi) is 5.87. The van der Waals surface area contributed by atoms with Crippen molar-refractivity contribution in [2.45, 2.75) is 23.8 Å². The molecule has 1 atom stereocenters. The molecule has 1 N–H and O–H groups in total. The fourth-order valence-corrected chi connectivity index (χ4v) is 3.50. The van der Waals surface area contributed by atoms with Gasteiger partial charge < -0.3 is 14.6 Å². The van der Waals surface area contributed by atoms with E-state index >= 15 is 0 Å². The average molecular weight is 346 g/mol. The zero-order valence-corrected chi connectivity index (χ0v) is 14.6. The van der Waals surface area contributed by atoms with Gasteiger partial charge >= 0.3 is 0 Å². The highest BCUT2D eigenvalue weighted by atomic mass is 32.2. The quantitative estimate of drug-likeness (QED) is 0.640. The lowest BCUT2D eigenvalue weighted by Crippen LogP contribution is -2.39. The van der Waals surface area contributed by atoms with E-state index in [2.05, 4.69) is 15.3 Å². The number of hydrogen-bond acceptors (Lipinski definition) is 6. The summed E-state index contributed by atoms with van der Waals surface area (Å²) in [5.74, 6) is 2.21. The van der Waals surface area contributed by atoms with Crippen molar-refractivity contribution in [3.63, 3.8) is 0 Å². The smallest absolute Gasteiger partial charge is 0.289 e. The summed E-state index contributed by atoms with van der Waals surface area (Å²) in [6, 6.07) is 5.38. The molecule has 1 aliphatic rings. The summed E-state index contributed by atoms with van der Waals surface area (Å²) >= 11 is 1.49. The van der Waals surface area contributed by atoms with Gasteiger partial charge in [-0.15, -0.1) is 0 Å². The van der Waals surface area contributed by atoms with Gasteiger partial charge in [0.05, 0.1) is 5.75 Å². The predicted molar refractivity (Wildman–Crippen MR) is 92.9 cm³/mol. The monoisotopic (exact) mass is 346 g/mol. The van der Waals surface area contributed by atoms with E-state index in [9.17, 15) is 4.79 Å². The van der Waals surface area contributed by atoms with Gasteiger partial charge in [0.2, 0.25) is 0 Å². The van der Waals surface area contributed by atoms with Crippen LogP contribution in [0.2, 0.25) is 0 Å². The molecule has 0 radical (unpaired) electrons. The Morgan fingerprint density at radius 3 is 3.00 bits per heavy atom. The van der Waals surface area contributed by atoms with Gasteiger partial charge in [-0.3, -0.25) is 4.79 Å². The molecular weight excluding hydrogens is 324 g/mol. The van der Waals surface area contributed by atoms with E-state index in [1.165, 1.54) is 24.6 Å². The third-order valence-corrected chi connectivity index (χ3v) is 4.93.